The predicted molar refractivity (Wildman–Crippen MR) is 83.6 cm³/mol. The van der Waals surface area contributed by atoms with Gasteiger partial charge in [0, 0.05) is 32.3 Å². The van der Waals surface area contributed by atoms with Gasteiger partial charge in [0.25, 0.3) is 0 Å². The van der Waals surface area contributed by atoms with Crippen molar-refractivity contribution in [3.05, 3.63) is 41.7 Å². The van der Waals surface area contributed by atoms with E-state index in [9.17, 15) is 0 Å². The van der Waals surface area contributed by atoms with Crippen LogP contribution in [0.3, 0.4) is 0 Å². The molecule has 3 aromatic rings. The van der Waals surface area contributed by atoms with E-state index >= 15 is 0 Å². The molecule has 21 heavy (non-hydrogen) atoms. The van der Waals surface area contributed by atoms with Crippen LogP contribution in [0.1, 0.15) is 17.2 Å². The van der Waals surface area contributed by atoms with E-state index in [0.717, 1.165) is 42.1 Å². The molecule has 0 aliphatic rings. The molecule has 0 unspecified atom stereocenters. The quantitative estimate of drug-likeness (QED) is 0.680. The summed E-state index contributed by atoms with van der Waals surface area (Å²) in [5.41, 5.74) is 3.41. The molecule has 0 saturated heterocycles. The summed E-state index contributed by atoms with van der Waals surface area (Å²) in [5.74, 6) is 2.46. The molecule has 0 fully saturated rings. The summed E-state index contributed by atoms with van der Waals surface area (Å²) in [6.45, 7) is 2.90. The Morgan fingerprint density at radius 3 is 2.81 bits per heavy atom. The molecular weight excluding hydrogens is 286 g/mol. The average Bonchev–Trinajstić information content (AvgIpc) is 3.02. The summed E-state index contributed by atoms with van der Waals surface area (Å²) in [6.07, 6.45) is 3.28. The van der Waals surface area contributed by atoms with Gasteiger partial charge in [-0.3, -0.25) is 4.68 Å². The lowest BCUT2D eigenvalue weighted by molar-refractivity contribution is 0.646. The molecule has 0 N–H and O–H groups in total. The van der Waals surface area contributed by atoms with Crippen LogP contribution in [-0.2, 0) is 26.4 Å². The predicted octanol–water partition coefficient (Wildman–Crippen LogP) is 2.50. The highest BCUT2D eigenvalue weighted by atomic mass is 35.5. The fourth-order valence-electron chi connectivity index (χ4n) is 2.57. The van der Waals surface area contributed by atoms with Crippen molar-refractivity contribution < 1.29 is 0 Å². The number of benzene rings is 1. The fourth-order valence-corrected chi connectivity index (χ4v) is 2.74. The van der Waals surface area contributed by atoms with Crippen LogP contribution in [0.2, 0.25) is 0 Å². The van der Waals surface area contributed by atoms with Gasteiger partial charge in [-0.2, -0.15) is 5.10 Å². The van der Waals surface area contributed by atoms with Crippen LogP contribution in [0.15, 0.2) is 24.5 Å². The molecule has 0 atom stereocenters. The van der Waals surface area contributed by atoms with Gasteiger partial charge in [0.1, 0.15) is 12.2 Å². The Hall–Kier alpha value is -1.88. The molecule has 3 rings (SSSR count). The maximum atomic E-state index is 5.91. The number of hydrogen-bond donors (Lipinski definition) is 0. The molecule has 0 amide bonds. The van der Waals surface area contributed by atoms with Gasteiger partial charge >= 0.3 is 0 Å². The number of para-hydroxylation sites is 1. The minimum atomic E-state index is 0.574. The maximum Gasteiger partial charge on any atom is 0.152 e. The summed E-state index contributed by atoms with van der Waals surface area (Å²) >= 11 is 5.91. The smallest absolute Gasteiger partial charge is 0.152 e. The lowest BCUT2D eigenvalue weighted by atomic mass is 10.2. The Bertz CT molecular complexity index is 759. The lowest BCUT2D eigenvalue weighted by Gasteiger charge is -2.07. The third-order valence-corrected chi connectivity index (χ3v) is 3.77. The summed E-state index contributed by atoms with van der Waals surface area (Å²) in [6, 6.07) is 6.27. The Labute approximate surface area is 128 Å². The third kappa shape index (κ3) is 2.78. The first-order valence-corrected chi connectivity index (χ1v) is 7.57. The highest BCUT2D eigenvalue weighted by Crippen LogP contribution is 2.20. The first kappa shape index (κ1) is 14.1. The number of nitrogens with zero attached hydrogens (tertiary/aromatic N) is 5. The molecule has 0 bridgehead atoms. The number of aromatic nitrogens is 5. The molecule has 1 aromatic carbocycles. The van der Waals surface area contributed by atoms with E-state index in [4.69, 9.17) is 16.6 Å². The summed E-state index contributed by atoms with van der Waals surface area (Å²) in [5, 5.41) is 4.33. The fraction of sp³-hybridized carbons (Fsp3) is 0.400. The van der Waals surface area contributed by atoms with Gasteiger partial charge in [-0.15, -0.1) is 11.6 Å². The van der Waals surface area contributed by atoms with Gasteiger partial charge in [0.2, 0.25) is 0 Å². The monoisotopic (exact) mass is 303 g/mol. The first-order valence-electron chi connectivity index (χ1n) is 7.04. The second kappa shape index (κ2) is 5.85. The van der Waals surface area contributed by atoms with Crippen molar-refractivity contribution >= 4 is 22.6 Å². The van der Waals surface area contributed by atoms with Crippen molar-refractivity contribution in [2.75, 3.05) is 5.88 Å². The van der Waals surface area contributed by atoms with Gasteiger partial charge in [-0.25, -0.2) is 9.97 Å². The Kier molecular flexibility index (Phi) is 3.92. The van der Waals surface area contributed by atoms with E-state index < -0.39 is 0 Å². The zero-order valence-corrected chi connectivity index (χ0v) is 13.0. The van der Waals surface area contributed by atoms with Crippen LogP contribution >= 0.6 is 11.6 Å². The van der Waals surface area contributed by atoms with Crippen LogP contribution in [0, 0.1) is 6.92 Å². The van der Waals surface area contributed by atoms with Gasteiger partial charge < -0.3 is 4.57 Å². The minimum absolute atomic E-state index is 0.574. The van der Waals surface area contributed by atoms with Crippen LogP contribution < -0.4 is 0 Å². The highest BCUT2D eigenvalue weighted by Gasteiger charge is 2.12. The van der Waals surface area contributed by atoms with E-state index in [-0.39, 0.29) is 0 Å². The van der Waals surface area contributed by atoms with Crippen molar-refractivity contribution in [1.29, 1.82) is 0 Å². The molecular formula is C15H18ClN5. The van der Waals surface area contributed by atoms with Crippen LogP contribution in [0.5, 0.6) is 0 Å². The number of rotatable bonds is 5. The number of fused-ring (bicyclic) bond motifs is 1. The van der Waals surface area contributed by atoms with Crippen molar-refractivity contribution in [2.24, 2.45) is 7.05 Å². The van der Waals surface area contributed by atoms with E-state index in [1.54, 1.807) is 11.0 Å². The second-order valence-electron chi connectivity index (χ2n) is 5.15. The van der Waals surface area contributed by atoms with E-state index in [1.165, 1.54) is 5.56 Å². The summed E-state index contributed by atoms with van der Waals surface area (Å²) in [4.78, 5) is 9.03. The van der Waals surface area contributed by atoms with Crippen molar-refractivity contribution in [3.63, 3.8) is 0 Å². The van der Waals surface area contributed by atoms with E-state index in [0.29, 0.717) is 5.88 Å². The molecule has 0 aliphatic carbocycles. The Balaban J connectivity index is 1.95. The number of alkyl halides is 1. The third-order valence-electron chi connectivity index (χ3n) is 3.58. The molecule has 6 heteroatoms. The minimum Gasteiger partial charge on any atom is -0.327 e. The van der Waals surface area contributed by atoms with Crippen LogP contribution in [0.25, 0.3) is 11.0 Å². The van der Waals surface area contributed by atoms with Crippen LogP contribution in [0.4, 0.5) is 0 Å². The molecule has 0 spiro atoms. The normalized spacial score (nSPS) is 11.4. The molecule has 5 nitrogen and oxygen atoms in total. The summed E-state index contributed by atoms with van der Waals surface area (Å²) in [7, 11) is 1.88. The zero-order chi connectivity index (χ0) is 14.8. The number of halogens is 1. The van der Waals surface area contributed by atoms with Crippen molar-refractivity contribution in [1.82, 2.24) is 24.3 Å². The Morgan fingerprint density at radius 2 is 2.10 bits per heavy atom. The maximum absolute atomic E-state index is 5.91. The Morgan fingerprint density at radius 1 is 1.24 bits per heavy atom. The van der Waals surface area contributed by atoms with Gasteiger partial charge in [-0.05, 0) is 18.6 Å². The van der Waals surface area contributed by atoms with Gasteiger partial charge in [-0.1, -0.05) is 12.1 Å². The molecule has 0 aliphatic heterocycles. The van der Waals surface area contributed by atoms with Crippen molar-refractivity contribution in [3.8, 4) is 0 Å². The number of imidazole rings is 1. The van der Waals surface area contributed by atoms with Gasteiger partial charge in [0.05, 0.1) is 11.0 Å². The number of aryl methyl sites for hydroxylation is 5. The molecule has 2 heterocycles. The second-order valence-corrected chi connectivity index (χ2v) is 5.52. The highest BCUT2D eigenvalue weighted by molar-refractivity contribution is 6.17. The van der Waals surface area contributed by atoms with Gasteiger partial charge in [0.15, 0.2) is 5.82 Å². The lowest BCUT2D eigenvalue weighted by Crippen LogP contribution is -2.08. The average molecular weight is 304 g/mol. The first-order chi connectivity index (χ1) is 10.2. The van der Waals surface area contributed by atoms with Crippen molar-refractivity contribution in [2.45, 2.75) is 26.3 Å². The SMILES string of the molecule is Cc1cccc2c1nc(CCCl)n2CCc1ncn(C)n1. The molecule has 0 radical (unpaired) electrons. The molecule has 110 valence electrons. The topological polar surface area (TPSA) is 48.5 Å². The zero-order valence-electron chi connectivity index (χ0n) is 12.3. The molecule has 2 aromatic heterocycles. The number of hydrogen-bond acceptors (Lipinski definition) is 3. The van der Waals surface area contributed by atoms with Crippen LogP contribution in [-0.4, -0.2) is 30.2 Å². The largest absolute Gasteiger partial charge is 0.327 e. The van der Waals surface area contributed by atoms with E-state index in [2.05, 4.69) is 39.8 Å². The van der Waals surface area contributed by atoms with E-state index in [1.807, 2.05) is 7.05 Å². The standard InChI is InChI=1S/C15H18ClN5/c1-11-4-3-5-12-15(11)18-14(6-8-16)21(12)9-7-13-17-10-20(2)19-13/h3-5,10H,6-9H2,1-2H3. The molecule has 0 saturated carbocycles. The summed E-state index contributed by atoms with van der Waals surface area (Å²) < 4.78 is 3.96.